The van der Waals surface area contributed by atoms with Gasteiger partial charge in [0.15, 0.2) is 0 Å². The Labute approximate surface area is 84.2 Å². The van der Waals surface area contributed by atoms with Crippen LogP contribution in [0, 0.1) is 0 Å². The van der Waals surface area contributed by atoms with E-state index in [0.29, 0.717) is 13.0 Å². The Bertz CT molecular complexity index is 261. The van der Waals surface area contributed by atoms with Crippen LogP contribution in [0.5, 0.6) is 0 Å². The van der Waals surface area contributed by atoms with Gasteiger partial charge in [-0.05, 0) is 13.5 Å². The first-order valence-electron chi connectivity index (χ1n) is 4.97. The average molecular weight is 198 g/mol. The number of rotatable bonds is 6. The van der Waals surface area contributed by atoms with E-state index in [0.717, 1.165) is 18.8 Å². The van der Waals surface area contributed by atoms with Crippen LogP contribution in [0.15, 0.2) is 6.33 Å². The molecule has 0 spiro atoms. The van der Waals surface area contributed by atoms with Gasteiger partial charge in [-0.2, -0.15) is 5.10 Å². The quantitative estimate of drug-likeness (QED) is 0.665. The molecule has 0 aliphatic heterocycles. The third kappa shape index (κ3) is 3.08. The van der Waals surface area contributed by atoms with Gasteiger partial charge in [-0.25, -0.2) is 4.98 Å². The standard InChI is InChI=1S/C9H18N4O/c1-3-4-13-9(11-7-12-13)5-8(14)6-10-2/h7-8,10,14H,3-6H2,1-2H3. The van der Waals surface area contributed by atoms with Crippen molar-refractivity contribution in [1.29, 1.82) is 0 Å². The lowest BCUT2D eigenvalue weighted by Crippen LogP contribution is -2.26. The highest BCUT2D eigenvalue weighted by molar-refractivity contribution is 4.87. The molecule has 1 aromatic rings. The Morgan fingerprint density at radius 1 is 1.64 bits per heavy atom. The molecule has 0 aromatic carbocycles. The number of likely N-dealkylation sites (N-methyl/N-ethyl adjacent to an activating group) is 1. The van der Waals surface area contributed by atoms with Gasteiger partial charge in [0.2, 0.25) is 0 Å². The fourth-order valence-corrected chi connectivity index (χ4v) is 1.36. The van der Waals surface area contributed by atoms with E-state index >= 15 is 0 Å². The van der Waals surface area contributed by atoms with Gasteiger partial charge in [-0.1, -0.05) is 6.92 Å². The normalized spacial score (nSPS) is 13.1. The third-order valence-corrected chi connectivity index (χ3v) is 1.99. The van der Waals surface area contributed by atoms with Gasteiger partial charge in [0, 0.05) is 19.5 Å². The van der Waals surface area contributed by atoms with Gasteiger partial charge in [-0.3, -0.25) is 4.68 Å². The summed E-state index contributed by atoms with van der Waals surface area (Å²) < 4.78 is 1.85. The molecule has 1 heterocycles. The molecular weight excluding hydrogens is 180 g/mol. The van der Waals surface area contributed by atoms with E-state index in [9.17, 15) is 5.11 Å². The highest BCUT2D eigenvalue weighted by atomic mass is 16.3. The molecule has 2 N–H and O–H groups in total. The molecule has 0 radical (unpaired) electrons. The van der Waals surface area contributed by atoms with Crippen LogP contribution in [0.3, 0.4) is 0 Å². The maximum Gasteiger partial charge on any atom is 0.138 e. The summed E-state index contributed by atoms with van der Waals surface area (Å²) in [7, 11) is 1.82. The van der Waals surface area contributed by atoms with Crippen molar-refractivity contribution >= 4 is 0 Å². The minimum absolute atomic E-state index is 0.389. The number of hydrogen-bond donors (Lipinski definition) is 2. The second-order valence-electron chi connectivity index (χ2n) is 3.32. The number of aliphatic hydroxyl groups is 1. The number of hydrogen-bond acceptors (Lipinski definition) is 4. The largest absolute Gasteiger partial charge is 0.391 e. The minimum Gasteiger partial charge on any atom is -0.391 e. The van der Waals surface area contributed by atoms with Crippen LogP contribution in [-0.4, -0.2) is 39.6 Å². The van der Waals surface area contributed by atoms with Crippen LogP contribution < -0.4 is 5.32 Å². The molecular formula is C9H18N4O. The number of nitrogens with one attached hydrogen (secondary N) is 1. The van der Waals surface area contributed by atoms with Crippen molar-refractivity contribution in [2.45, 2.75) is 32.4 Å². The summed E-state index contributed by atoms with van der Waals surface area (Å²) in [4.78, 5) is 4.12. The Hall–Kier alpha value is -0.940. The second-order valence-corrected chi connectivity index (χ2v) is 3.32. The van der Waals surface area contributed by atoms with Crippen molar-refractivity contribution in [3.05, 3.63) is 12.2 Å². The van der Waals surface area contributed by atoms with E-state index in [1.54, 1.807) is 0 Å². The summed E-state index contributed by atoms with van der Waals surface area (Å²) in [6.45, 7) is 3.54. The van der Waals surface area contributed by atoms with Crippen molar-refractivity contribution < 1.29 is 5.11 Å². The van der Waals surface area contributed by atoms with Crippen molar-refractivity contribution in [1.82, 2.24) is 20.1 Å². The summed E-state index contributed by atoms with van der Waals surface area (Å²) in [5.41, 5.74) is 0. The highest BCUT2D eigenvalue weighted by Gasteiger charge is 2.09. The molecule has 0 aliphatic rings. The molecule has 1 unspecified atom stereocenters. The van der Waals surface area contributed by atoms with E-state index in [2.05, 4.69) is 22.3 Å². The highest BCUT2D eigenvalue weighted by Crippen LogP contribution is 2.00. The summed E-state index contributed by atoms with van der Waals surface area (Å²) in [5, 5.41) is 16.6. The van der Waals surface area contributed by atoms with E-state index in [1.807, 2.05) is 11.7 Å². The molecule has 0 saturated heterocycles. The molecule has 5 heteroatoms. The van der Waals surface area contributed by atoms with E-state index in [-0.39, 0.29) is 6.10 Å². The zero-order valence-electron chi connectivity index (χ0n) is 8.77. The minimum atomic E-state index is -0.389. The number of aromatic nitrogens is 3. The van der Waals surface area contributed by atoms with Crippen LogP contribution in [0.1, 0.15) is 19.2 Å². The molecule has 1 rings (SSSR count). The van der Waals surface area contributed by atoms with Gasteiger partial charge < -0.3 is 10.4 Å². The maximum absolute atomic E-state index is 9.57. The number of aryl methyl sites for hydroxylation is 1. The summed E-state index contributed by atoms with van der Waals surface area (Å²) >= 11 is 0. The average Bonchev–Trinajstić information content (AvgIpc) is 2.54. The number of nitrogens with zero attached hydrogens (tertiary/aromatic N) is 3. The van der Waals surface area contributed by atoms with Gasteiger partial charge in [-0.15, -0.1) is 0 Å². The van der Waals surface area contributed by atoms with Gasteiger partial charge in [0.1, 0.15) is 12.2 Å². The first-order chi connectivity index (χ1) is 6.77. The monoisotopic (exact) mass is 198 g/mol. The van der Waals surface area contributed by atoms with Gasteiger partial charge >= 0.3 is 0 Å². The van der Waals surface area contributed by atoms with Gasteiger partial charge in [0.05, 0.1) is 6.10 Å². The second kappa shape index (κ2) is 5.72. The Kier molecular flexibility index (Phi) is 4.55. The topological polar surface area (TPSA) is 63.0 Å². The predicted molar refractivity (Wildman–Crippen MR) is 54.0 cm³/mol. The fraction of sp³-hybridized carbons (Fsp3) is 0.778. The summed E-state index contributed by atoms with van der Waals surface area (Å²) in [6.07, 6.45) is 2.73. The molecule has 1 aromatic heterocycles. The SMILES string of the molecule is CCCn1ncnc1CC(O)CNC. The van der Waals surface area contributed by atoms with Crippen LogP contribution in [0.4, 0.5) is 0 Å². The van der Waals surface area contributed by atoms with Crippen LogP contribution >= 0.6 is 0 Å². The smallest absolute Gasteiger partial charge is 0.138 e. The van der Waals surface area contributed by atoms with Crippen LogP contribution in [0.2, 0.25) is 0 Å². The van der Waals surface area contributed by atoms with E-state index in [1.165, 1.54) is 6.33 Å². The lowest BCUT2D eigenvalue weighted by Gasteiger charge is -2.09. The molecule has 80 valence electrons. The van der Waals surface area contributed by atoms with Crippen LogP contribution in [-0.2, 0) is 13.0 Å². The number of aliphatic hydroxyl groups excluding tert-OH is 1. The molecule has 0 fully saturated rings. The maximum atomic E-state index is 9.57. The zero-order valence-corrected chi connectivity index (χ0v) is 8.77. The van der Waals surface area contributed by atoms with E-state index in [4.69, 9.17) is 0 Å². The van der Waals surface area contributed by atoms with Crippen LogP contribution in [0.25, 0.3) is 0 Å². The Balaban J connectivity index is 2.52. The molecule has 0 aliphatic carbocycles. The lowest BCUT2D eigenvalue weighted by atomic mass is 10.2. The fourth-order valence-electron chi connectivity index (χ4n) is 1.36. The van der Waals surface area contributed by atoms with Crippen molar-refractivity contribution in [2.75, 3.05) is 13.6 Å². The molecule has 5 nitrogen and oxygen atoms in total. The molecule has 14 heavy (non-hydrogen) atoms. The zero-order chi connectivity index (χ0) is 10.4. The molecule has 0 saturated carbocycles. The molecule has 0 amide bonds. The lowest BCUT2D eigenvalue weighted by molar-refractivity contribution is 0.170. The summed E-state index contributed by atoms with van der Waals surface area (Å²) in [6, 6.07) is 0. The third-order valence-electron chi connectivity index (χ3n) is 1.99. The predicted octanol–water partition coefficient (Wildman–Crippen LogP) is -0.189. The van der Waals surface area contributed by atoms with Gasteiger partial charge in [0.25, 0.3) is 0 Å². The Morgan fingerprint density at radius 3 is 3.07 bits per heavy atom. The Morgan fingerprint density at radius 2 is 2.43 bits per heavy atom. The first-order valence-corrected chi connectivity index (χ1v) is 4.97. The van der Waals surface area contributed by atoms with E-state index < -0.39 is 0 Å². The van der Waals surface area contributed by atoms with Crippen molar-refractivity contribution in [3.8, 4) is 0 Å². The van der Waals surface area contributed by atoms with Crippen molar-refractivity contribution in [2.24, 2.45) is 0 Å². The molecule has 0 bridgehead atoms. The molecule has 1 atom stereocenters. The van der Waals surface area contributed by atoms with Crippen molar-refractivity contribution in [3.63, 3.8) is 0 Å². The first kappa shape index (κ1) is 11.1. The summed E-state index contributed by atoms with van der Waals surface area (Å²) in [5.74, 6) is 0.856.